The molecule has 13 heteroatoms. The Balaban J connectivity index is 2.42. The number of unbranched alkanes of at least 4 members (excludes halogenated alkanes) is 16. The maximum Gasteiger partial charge on any atom is 0.472 e. The van der Waals surface area contributed by atoms with Crippen molar-refractivity contribution in [1.82, 2.24) is 0 Å². The second-order valence-corrected chi connectivity index (χ2v) is 17.6. The second-order valence-electron chi connectivity index (χ2n) is 16.2. The summed E-state index contributed by atoms with van der Waals surface area (Å²) in [6, 6.07) is 0. The van der Waals surface area contributed by atoms with Crippen molar-refractivity contribution in [3.8, 4) is 0 Å². The van der Waals surface area contributed by atoms with Crippen LogP contribution in [0.5, 0.6) is 0 Å². The highest BCUT2D eigenvalue weighted by atomic mass is 31.2. The Morgan fingerprint density at radius 2 is 0.952 bits per heavy atom. The molecule has 0 bridgehead atoms. The molecule has 0 radical (unpaired) electrons. The summed E-state index contributed by atoms with van der Waals surface area (Å²) in [4.78, 5) is 23.1. The number of carbonyl (C=O) groups excluding carboxylic acids is 1. The standard InChI is InChI=1S/C49H85O12P/c1-3-5-7-9-11-13-15-17-19-20-21-22-23-25-27-29-31-33-35-37-39-58-40-42(41-59-62(56,57)61-49-47(54)45(52)44(51)46(53)48(49)55)60-43(50)38-36-34-32-30-28-26-24-18-16-14-12-10-8-6-4-2/h6,8,12,14,17-19,24,28,30,34,36,42,44-49,51-55H,3-5,7,9-11,13,15-16,20-23,25-27,29,31-33,35,37-41H2,1-2H3,(H,56,57)/b8-6-,14-12-,19-17-,24-18-,30-28-,36-34-. The van der Waals surface area contributed by atoms with Crippen LogP contribution >= 0.6 is 7.82 Å². The molecule has 1 aliphatic carbocycles. The Labute approximate surface area is 374 Å². The highest BCUT2D eigenvalue weighted by Gasteiger charge is 2.51. The van der Waals surface area contributed by atoms with Crippen molar-refractivity contribution < 1.29 is 58.3 Å². The summed E-state index contributed by atoms with van der Waals surface area (Å²) >= 11 is 0. The first-order chi connectivity index (χ1) is 30.0. The maximum atomic E-state index is 12.8. The molecule has 6 N–H and O–H groups in total. The van der Waals surface area contributed by atoms with Crippen molar-refractivity contribution in [2.45, 2.75) is 211 Å². The number of phosphoric acid groups is 1. The van der Waals surface area contributed by atoms with Crippen LogP contribution in [0.4, 0.5) is 0 Å². The first-order valence-electron chi connectivity index (χ1n) is 23.8. The smallest absolute Gasteiger partial charge is 0.457 e. The lowest BCUT2D eigenvalue weighted by Crippen LogP contribution is -2.64. The molecular weight excluding hydrogens is 812 g/mol. The molecule has 1 fully saturated rings. The van der Waals surface area contributed by atoms with E-state index in [2.05, 4.69) is 62.5 Å². The van der Waals surface area contributed by atoms with Crippen LogP contribution in [0.25, 0.3) is 0 Å². The number of allylic oxidation sites excluding steroid dienone is 11. The fourth-order valence-corrected chi connectivity index (χ4v) is 7.81. The van der Waals surface area contributed by atoms with E-state index in [-0.39, 0.29) is 13.0 Å². The lowest BCUT2D eigenvalue weighted by molar-refractivity contribution is -0.220. The van der Waals surface area contributed by atoms with Crippen LogP contribution in [0.15, 0.2) is 72.9 Å². The molecule has 12 nitrogen and oxygen atoms in total. The number of esters is 1. The largest absolute Gasteiger partial charge is 0.472 e. The van der Waals surface area contributed by atoms with Crippen molar-refractivity contribution in [3.63, 3.8) is 0 Å². The molecule has 62 heavy (non-hydrogen) atoms. The zero-order chi connectivity index (χ0) is 45.5. The Morgan fingerprint density at radius 1 is 0.532 bits per heavy atom. The number of phosphoric ester groups is 1. The topological polar surface area (TPSA) is 192 Å². The minimum absolute atomic E-state index is 0.0490. The van der Waals surface area contributed by atoms with Crippen LogP contribution in [-0.4, -0.2) is 98.9 Å². The van der Waals surface area contributed by atoms with Gasteiger partial charge in [0.05, 0.1) is 19.6 Å². The lowest BCUT2D eigenvalue weighted by Gasteiger charge is -2.41. The summed E-state index contributed by atoms with van der Waals surface area (Å²) in [5.41, 5.74) is 0. The maximum absolute atomic E-state index is 12.8. The Morgan fingerprint density at radius 3 is 1.44 bits per heavy atom. The Hall–Kier alpha value is -2.22. The minimum Gasteiger partial charge on any atom is -0.457 e. The summed E-state index contributed by atoms with van der Waals surface area (Å²) in [5, 5.41) is 50.2. The van der Waals surface area contributed by atoms with Crippen LogP contribution in [0, 0.1) is 0 Å². The molecule has 0 spiro atoms. The third-order valence-corrected chi connectivity index (χ3v) is 11.6. The molecule has 0 aromatic heterocycles. The van der Waals surface area contributed by atoms with Crippen LogP contribution < -0.4 is 0 Å². The SMILES string of the molecule is CC/C=C\C/C=C\C/C=C\C/C=C\C/C=C\CC(=O)OC(COCCCCCCCCCCCC/C=C\CCCCCCCC)COP(=O)(O)OC1C(O)C(O)C(O)C(O)C1O. The molecule has 6 atom stereocenters. The summed E-state index contributed by atoms with van der Waals surface area (Å²) in [6.45, 7) is 4.02. The summed E-state index contributed by atoms with van der Waals surface area (Å²) in [7, 11) is -5.05. The molecular formula is C49H85O12P. The number of aliphatic hydroxyl groups is 5. The Kier molecular flexibility index (Phi) is 36.5. The van der Waals surface area contributed by atoms with E-state index in [9.17, 15) is 39.8 Å². The average Bonchev–Trinajstić information content (AvgIpc) is 3.26. The number of hydrogen-bond donors (Lipinski definition) is 6. The van der Waals surface area contributed by atoms with E-state index in [1.807, 2.05) is 18.2 Å². The molecule has 0 amide bonds. The van der Waals surface area contributed by atoms with Gasteiger partial charge in [0.15, 0.2) is 0 Å². The predicted molar refractivity (Wildman–Crippen MR) is 248 cm³/mol. The van der Waals surface area contributed by atoms with Crippen molar-refractivity contribution in [1.29, 1.82) is 0 Å². The zero-order valence-corrected chi connectivity index (χ0v) is 39.0. The van der Waals surface area contributed by atoms with E-state index in [1.54, 1.807) is 6.08 Å². The molecule has 6 unspecified atom stereocenters. The fourth-order valence-electron chi connectivity index (χ4n) is 6.84. The highest BCUT2D eigenvalue weighted by molar-refractivity contribution is 7.47. The average molecular weight is 897 g/mol. The molecule has 1 rings (SSSR count). The number of rotatable bonds is 39. The highest BCUT2D eigenvalue weighted by Crippen LogP contribution is 2.47. The zero-order valence-electron chi connectivity index (χ0n) is 38.1. The number of carbonyl (C=O) groups is 1. The first-order valence-corrected chi connectivity index (χ1v) is 25.3. The number of aliphatic hydroxyl groups excluding tert-OH is 5. The van der Waals surface area contributed by atoms with E-state index >= 15 is 0 Å². The van der Waals surface area contributed by atoms with Gasteiger partial charge in [0.1, 0.15) is 42.7 Å². The lowest BCUT2D eigenvalue weighted by atomic mass is 9.85. The number of hydrogen-bond acceptors (Lipinski definition) is 11. The van der Waals surface area contributed by atoms with Gasteiger partial charge in [-0.3, -0.25) is 13.8 Å². The molecule has 0 saturated heterocycles. The normalized spacial score (nSPS) is 22.6. The van der Waals surface area contributed by atoms with Crippen molar-refractivity contribution in [3.05, 3.63) is 72.9 Å². The van der Waals surface area contributed by atoms with Crippen LogP contribution in [0.2, 0.25) is 0 Å². The summed E-state index contributed by atoms with van der Waals surface area (Å²) < 4.78 is 34.1. The van der Waals surface area contributed by atoms with Gasteiger partial charge in [-0.25, -0.2) is 4.57 Å². The van der Waals surface area contributed by atoms with E-state index in [1.165, 1.54) is 89.9 Å². The van der Waals surface area contributed by atoms with E-state index in [0.29, 0.717) is 13.0 Å². The van der Waals surface area contributed by atoms with Gasteiger partial charge in [-0.2, -0.15) is 0 Å². The third kappa shape index (κ3) is 30.8. The molecule has 358 valence electrons. The molecule has 0 aliphatic heterocycles. The van der Waals surface area contributed by atoms with Gasteiger partial charge in [0.2, 0.25) is 0 Å². The number of ether oxygens (including phenoxy) is 2. The van der Waals surface area contributed by atoms with E-state index < -0.39 is 63.1 Å². The Bertz CT molecular complexity index is 1300. The van der Waals surface area contributed by atoms with Gasteiger partial charge in [-0.05, 0) is 64.2 Å². The molecule has 0 aromatic rings. The van der Waals surface area contributed by atoms with Crippen LogP contribution in [0.1, 0.15) is 168 Å². The second kappa shape index (κ2) is 39.2. The van der Waals surface area contributed by atoms with Crippen molar-refractivity contribution in [2.24, 2.45) is 0 Å². The molecule has 1 aliphatic rings. The van der Waals surface area contributed by atoms with Crippen molar-refractivity contribution in [2.75, 3.05) is 19.8 Å². The van der Waals surface area contributed by atoms with Crippen LogP contribution in [-0.2, 0) is 27.9 Å². The van der Waals surface area contributed by atoms with E-state index in [0.717, 1.165) is 51.4 Å². The summed E-state index contributed by atoms with van der Waals surface area (Å²) in [6.07, 6.45) is 38.6. The van der Waals surface area contributed by atoms with Gasteiger partial charge in [-0.15, -0.1) is 0 Å². The predicted octanol–water partition coefficient (Wildman–Crippen LogP) is 9.97. The quantitative estimate of drug-likeness (QED) is 0.0148. The van der Waals surface area contributed by atoms with Gasteiger partial charge >= 0.3 is 13.8 Å². The summed E-state index contributed by atoms with van der Waals surface area (Å²) in [5.74, 6) is -0.605. The van der Waals surface area contributed by atoms with Gasteiger partial charge in [0, 0.05) is 6.61 Å². The van der Waals surface area contributed by atoms with Crippen molar-refractivity contribution >= 4 is 13.8 Å². The monoisotopic (exact) mass is 897 g/mol. The van der Waals surface area contributed by atoms with Gasteiger partial charge < -0.3 is 39.9 Å². The fraction of sp³-hybridized carbons (Fsp3) is 0.735. The molecule has 1 saturated carbocycles. The van der Waals surface area contributed by atoms with Crippen LogP contribution in [0.3, 0.4) is 0 Å². The van der Waals surface area contributed by atoms with E-state index in [4.69, 9.17) is 18.5 Å². The van der Waals surface area contributed by atoms with Gasteiger partial charge in [0.25, 0.3) is 0 Å². The van der Waals surface area contributed by atoms with Gasteiger partial charge in [-0.1, -0.05) is 170 Å². The molecule has 0 aromatic carbocycles. The third-order valence-electron chi connectivity index (χ3n) is 10.6. The first kappa shape index (κ1) is 57.8. The molecule has 0 heterocycles. The minimum atomic E-state index is -5.05.